The molecule has 0 amide bonds. The van der Waals surface area contributed by atoms with E-state index < -0.39 is 0 Å². The first-order valence-corrected chi connectivity index (χ1v) is 5.03. The molecule has 0 saturated heterocycles. The van der Waals surface area contributed by atoms with Crippen LogP contribution in [0.5, 0.6) is 0 Å². The molecule has 0 saturated carbocycles. The third kappa shape index (κ3) is 7.15. The van der Waals surface area contributed by atoms with Crippen molar-refractivity contribution >= 4 is 58.3 Å². The predicted molar refractivity (Wildman–Crippen MR) is 68.1 cm³/mol. The van der Waals surface area contributed by atoms with Crippen LogP contribution in [0.15, 0.2) is 0 Å². The van der Waals surface area contributed by atoms with Crippen molar-refractivity contribution in [3.8, 4) is 0 Å². The summed E-state index contributed by atoms with van der Waals surface area (Å²) in [5.74, 6) is 0. The van der Waals surface area contributed by atoms with Gasteiger partial charge < -0.3 is 10.6 Å². The molecule has 0 aromatic rings. The minimum absolute atomic E-state index is 0.153. The number of thiocarbonyl (C=S) groups is 2. The van der Waals surface area contributed by atoms with E-state index in [1.807, 2.05) is 0 Å². The van der Waals surface area contributed by atoms with Gasteiger partial charge in [0.05, 0.1) is 0 Å². The molecule has 0 aliphatic carbocycles. The molecule has 1 atom stereocenters. The quantitative estimate of drug-likeness (QED) is 0.437. The van der Waals surface area contributed by atoms with Crippen LogP contribution >= 0.6 is 49.7 Å². The lowest BCUT2D eigenvalue weighted by molar-refractivity contribution is 0.606. The zero-order chi connectivity index (χ0) is 9.56. The SMILES string of the molecule is [CH2]CC(CNC(=S)S)NC(=S)S. The molecule has 69 valence electrons. The van der Waals surface area contributed by atoms with Gasteiger partial charge in [-0.1, -0.05) is 31.4 Å². The zero-order valence-corrected chi connectivity index (χ0v) is 9.83. The molecule has 6 heteroatoms. The smallest absolute Gasteiger partial charge is 0.130 e. The van der Waals surface area contributed by atoms with E-state index in [1.54, 1.807) is 0 Å². The first-order chi connectivity index (χ1) is 5.56. The highest BCUT2D eigenvalue weighted by Gasteiger charge is 2.04. The van der Waals surface area contributed by atoms with E-state index >= 15 is 0 Å². The second kappa shape index (κ2) is 6.94. The molecular formula is C6H11N2S4. The average molecular weight is 239 g/mol. The van der Waals surface area contributed by atoms with Crippen molar-refractivity contribution in [1.82, 2.24) is 10.6 Å². The second-order valence-electron chi connectivity index (χ2n) is 2.12. The van der Waals surface area contributed by atoms with Crippen LogP contribution in [-0.2, 0) is 0 Å². The van der Waals surface area contributed by atoms with E-state index in [2.05, 4.69) is 42.8 Å². The van der Waals surface area contributed by atoms with Crippen molar-refractivity contribution in [2.24, 2.45) is 0 Å². The Morgan fingerprint density at radius 3 is 2.25 bits per heavy atom. The zero-order valence-electron chi connectivity index (χ0n) is 6.41. The first-order valence-electron chi connectivity index (χ1n) is 3.31. The molecule has 2 N–H and O–H groups in total. The lowest BCUT2D eigenvalue weighted by Gasteiger charge is -2.16. The molecule has 0 aliphatic heterocycles. The molecule has 1 radical (unpaired) electrons. The maximum atomic E-state index is 4.76. The number of thiol groups is 2. The maximum absolute atomic E-state index is 4.76. The van der Waals surface area contributed by atoms with Crippen LogP contribution < -0.4 is 10.6 Å². The van der Waals surface area contributed by atoms with Crippen LogP contribution in [0.3, 0.4) is 0 Å². The Balaban J connectivity index is 3.67. The summed E-state index contributed by atoms with van der Waals surface area (Å²) in [6.45, 7) is 4.41. The fraction of sp³-hybridized carbons (Fsp3) is 0.500. The minimum atomic E-state index is 0.153. The van der Waals surface area contributed by atoms with Gasteiger partial charge in [-0.2, -0.15) is 0 Å². The summed E-state index contributed by atoms with van der Waals surface area (Å²) in [5.41, 5.74) is 0. The highest BCUT2D eigenvalue weighted by Crippen LogP contribution is 1.92. The van der Waals surface area contributed by atoms with Crippen LogP contribution in [0.4, 0.5) is 0 Å². The Bertz CT molecular complexity index is 171. The largest absolute Gasteiger partial charge is 0.369 e. The number of nitrogens with one attached hydrogen (secondary N) is 2. The molecule has 0 bridgehead atoms. The fourth-order valence-corrected chi connectivity index (χ4v) is 1.13. The van der Waals surface area contributed by atoms with Crippen LogP contribution in [0.1, 0.15) is 6.42 Å². The summed E-state index contributed by atoms with van der Waals surface area (Å²) in [6, 6.07) is 0.153. The summed E-state index contributed by atoms with van der Waals surface area (Å²) >= 11 is 17.4. The normalized spacial score (nSPS) is 11.9. The Labute approximate surface area is 94.7 Å². The highest BCUT2D eigenvalue weighted by molar-refractivity contribution is 8.11. The average Bonchev–Trinajstić information content (AvgIpc) is 1.97. The number of hydrogen-bond acceptors (Lipinski definition) is 2. The second-order valence-corrected chi connectivity index (χ2v) is 4.44. The van der Waals surface area contributed by atoms with Crippen molar-refractivity contribution in [3.63, 3.8) is 0 Å². The summed E-state index contributed by atoms with van der Waals surface area (Å²) in [7, 11) is 0. The number of rotatable bonds is 4. The van der Waals surface area contributed by atoms with Gasteiger partial charge in [0.25, 0.3) is 0 Å². The molecule has 0 spiro atoms. The van der Waals surface area contributed by atoms with Gasteiger partial charge in [0.15, 0.2) is 0 Å². The molecular weight excluding hydrogens is 228 g/mol. The molecule has 1 unspecified atom stereocenters. The van der Waals surface area contributed by atoms with E-state index in [1.165, 1.54) is 0 Å². The minimum Gasteiger partial charge on any atom is -0.369 e. The first kappa shape index (κ1) is 12.5. The summed E-state index contributed by atoms with van der Waals surface area (Å²) in [5, 5.41) is 5.86. The molecule has 0 rings (SSSR count). The fourth-order valence-electron chi connectivity index (χ4n) is 0.610. The molecule has 12 heavy (non-hydrogen) atoms. The maximum Gasteiger partial charge on any atom is 0.130 e. The molecule has 0 aliphatic rings. The Morgan fingerprint density at radius 2 is 1.92 bits per heavy atom. The molecule has 0 fully saturated rings. The van der Waals surface area contributed by atoms with Crippen molar-refractivity contribution in [1.29, 1.82) is 0 Å². The lowest BCUT2D eigenvalue weighted by Crippen LogP contribution is -2.40. The highest BCUT2D eigenvalue weighted by atomic mass is 32.1. The van der Waals surface area contributed by atoms with Gasteiger partial charge in [0, 0.05) is 12.6 Å². The third-order valence-electron chi connectivity index (χ3n) is 1.18. The summed E-state index contributed by atoms with van der Waals surface area (Å²) in [6.07, 6.45) is 0.712. The van der Waals surface area contributed by atoms with Gasteiger partial charge in [0.1, 0.15) is 8.64 Å². The van der Waals surface area contributed by atoms with Crippen LogP contribution in [0, 0.1) is 6.92 Å². The summed E-state index contributed by atoms with van der Waals surface area (Å²) in [4.78, 5) is 0. The lowest BCUT2D eigenvalue weighted by atomic mass is 10.2. The van der Waals surface area contributed by atoms with Crippen molar-refractivity contribution in [2.45, 2.75) is 12.5 Å². The molecule has 0 aromatic heterocycles. The standard InChI is InChI=1S/C6H11N2S4/c1-2-4(8-6(11)12)3-7-5(9)10/h4H,1-3H2,(H2,7,9,10)(H2,8,11,12). The Morgan fingerprint density at radius 1 is 1.33 bits per heavy atom. The van der Waals surface area contributed by atoms with Crippen molar-refractivity contribution < 1.29 is 0 Å². The van der Waals surface area contributed by atoms with Crippen molar-refractivity contribution in [2.75, 3.05) is 6.54 Å². The predicted octanol–water partition coefficient (Wildman–Crippen LogP) is 1.19. The van der Waals surface area contributed by atoms with E-state index in [4.69, 9.17) is 24.4 Å². The third-order valence-corrected chi connectivity index (χ3v) is 1.73. The van der Waals surface area contributed by atoms with Gasteiger partial charge in [-0.05, 0) is 6.42 Å². The van der Waals surface area contributed by atoms with E-state index in [0.29, 0.717) is 21.6 Å². The van der Waals surface area contributed by atoms with E-state index in [-0.39, 0.29) is 6.04 Å². The van der Waals surface area contributed by atoms with Gasteiger partial charge >= 0.3 is 0 Å². The van der Waals surface area contributed by atoms with Crippen LogP contribution in [0.2, 0.25) is 0 Å². The van der Waals surface area contributed by atoms with E-state index in [9.17, 15) is 0 Å². The molecule has 0 heterocycles. The molecule has 2 nitrogen and oxygen atoms in total. The van der Waals surface area contributed by atoms with Gasteiger partial charge in [-0.25, -0.2) is 0 Å². The topological polar surface area (TPSA) is 24.1 Å². The summed E-state index contributed by atoms with van der Waals surface area (Å²) < 4.78 is 0.941. The van der Waals surface area contributed by atoms with Gasteiger partial charge in [-0.15, -0.1) is 25.3 Å². The van der Waals surface area contributed by atoms with Gasteiger partial charge in [-0.3, -0.25) is 0 Å². The van der Waals surface area contributed by atoms with Crippen LogP contribution in [0.25, 0.3) is 0 Å². The number of hydrogen-bond donors (Lipinski definition) is 4. The monoisotopic (exact) mass is 239 g/mol. The Hall–Kier alpha value is 0.480. The van der Waals surface area contributed by atoms with Crippen LogP contribution in [-0.4, -0.2) is 21.2 Å². The van der Waals surface area contributed by atoms with Gasteiger partial charge in [0.2, 0.25) is 0 Å². The Kier molecular flexibility index (Phi) is 7.22. The van der Waals surface area contributed by atoms with E-state index in [0.717, 1.165) is 0 Å². The molecule has 0 aromatic carbocycles. The van der Waals surface area contributed by atoms with Crippen molar-refractivity contribution in [3.05, 3.63) is 6.92 Å².